The second kappa shape index (κ2) is 7.77. The first kappa shape index (κ1) is 17.9. The van der Waals surface area contributed by atoms with Crippen molar-refractivity contribution in [3.05, 3.63) is 21.9 Å². The minimum atomic E-state index is -0.141. The van der Waals surface area contributed by atoms with Crippen molar-refractivity contribution in [2.45, 2.75) is 13.8 Å². The minimum Gasteiger partial charge on any atom is -0.339 e. The average molecular weight is 332 g/mol. The van der Waals surface area contributed by atoms with Gasteiger partial charge in [0, 0.05) is 43.5 Å². The molecule has 1 aromatic rings. The topological polar surface area (TPSA) is 66.6 Å². The zero-order valence-electron chi connectivity index (χ0n) is 12.4. The first-order valence-corrected chi connectivity index (χ1v) is 7.69. The third kappa shape index (κ3) is 4.18. The Bertz CT molecular complexity index is 498. The van der Waals surface area contributed by atoms with Gasteiger partial charge in [0.15, 0.2) is 0 Å². The summed E-state index contributed by atoms with van der Waals surface area (Å²) in [6.07, 6.45) is 0. The molecule has 0 spiro atoms. The summed E-state index contributed by atoms with van der Waals surface area (Å²) < 4.78 is 0. The van der Waals surface area contributed by atoms with E-state index in [1.54, 1.807) is 4.90 Å². The molecule has 0 aromatic carbocycles. The Morgan fingerprint density at radius 3 is 2.29 bits per heavy atom. The first-order chi connectivity index (χ1) is 9.52. The Labute approximate surface area is 135 Å². The number of hydrogen-bond donors (Lipinski definition) is 1. The maximum Gasteiger partial charge on any atom is 0.264 e. The van der Waals surface area contributed by atoms with Crippen LogP contribution < -0.4 is 5.73 Å². The summed E-state index contributed by atoms with van der Waals surface area (Å²) in [4.78, 5) is 29.9. The fourth-order valence-electron chi connectivity index (χ4n) is 2.25. The van der Waals surface area contributed by atoms with Crippen molar-refractivity contribution in [1.29, 1.82) is 0 Å². The molecule has 2 amide bonds. The van der Waals surface area contributed by atoms with E-state index in [1.807, 2.05) is 30.9 Å². The quantitative estimate of drug-likeness (QED) is 0.909. The van der Waals surface area contributed by atoms with Crippen LogP contribution in [0.5, 0.6) is 0 Å². The van der Waals surface area contributed by atoms with Gasteiger partial charge in [0.25, 0.3) is 5.91 Å². The minimum absolute atomic E-state index is 0. The number of nitrogens with two attached hydrogens (primary N) is 1. The van der Waals surface area contributed by atoms with Crippen LogP contribution in [-0.4, -0.2) is 54.3 Å². The van der Waals surface area contributed by atoms with Gasteiger partial charge >= 0.3 is 0 Å². The van der Waals surface area contributed by atoms with Gasteiger partial charge in [0.1, 0.15) is 0 Å². The molecular formula is C14H22ClN3O2S. The Balaban J connectivity index is 0.00000220. The average Bonchev–Trinajstić information content (AvgIpc) is 2.91. The Morgan fingerprint density at radius 2 is 1.81 bits per heavy atom. The van der Waals surface area contributed by atoms with Crippen LogP contribution in [0.2, 0.25) is 0 Å². The lowest BCUT2D eigenvalue weighted by Gasteiger charge is -2.35. The number of nitrogens with zero attached hydrogens (tertiary/aromatic N) is 2. The molecule has 2 N–H and O–H groups in total. The molecule has 0 radical (unpaired) electrons. The summed E-state index contributed by atoms with van der Waals surface area (Å²) in [5.74, 6) is 0.0193. The lowest BCUT2D eigenvalue weighted by atomic mass is 10.1. The maximum absolute atomic E-state index is 12.3. The van der Waals surface area contributed by atoms with Gasteiger partial charge in [-0.1, -0.05) is 6.92 Å². The molecule has 1 atom stereocenters. The van der Waals surface area contributed by atoms with Gasteiger partial charge in [-0.15, -0.1) is 23.7 Å². The van der Waals surface area contributed by atoms with Crippen LogP contribution in [0.4, 0.5) is 0 Å². The number of halogens is 1. The molecule has 1 aromatic heterocycles. The number of amides is 2. The number of hydrogen-bond acceptors (Lipinski definition) is 4. The van der Waals surface area contributed by atoms with E-state index >= 15 is 0 Å². The molecule has 0 aliphatic carbocycles. The highest BCUT2D eigenvalue weighted by Crippen LogP contribution is 2.18. The Kier molecular flexibility index (Phi) is 6.64. The van der Waals surface area contributed by atoms with Crippen LogP contribution in [0.1, 0.15) is 21.5 Å². The molecule has 118 valence electrons. The van der Waals surface area contributed by atoms with Gasteiger partial charge < -0.3 is 15.5 Å². The summed E-state index contributed by atoms with van der Waals surface area (Å²) in [5, 5.41) is 0. The van der Waals surface area contributed by atoms with Gasteiger partial charge in [-0.2, -0.15) is 0 Å². The molecule has 7 heteroatoms. The first-order valence-electron chi connectivity index (χ1n) is 6.87. The second-order valence-electron chi connectivity index (χ2n) is 5.16. The van der Waals surface area contributed by atoms with Crippen LogP contribution in [0.25, 0.3) is 0 Å². The molecule has 0 bridgehead atoms. The third-order valence-electron chi connectivity index (χ3n) is 3.60. The number of rotatable bonds is 3. The molecule has 21 heavy (non-hydrogen) atoms. The zero-order valence-corrected chi connectivity index (χ0v) is 14.0. The molecule has 1 unspecified atom stereocenters. The van der Waals surface area contributed by atoms with E-state index in [0.717, 1.165) is 9.75 Å². The van der Waals surface area contributed by atoms with E-state index < -0.39 is 0 Å². The zero-order chi connectivity index (χ0) is 14.7. The maximum atomic E-state index is 12.3. The number of carbonyl (C=O) groups is 2. The highest BCUT2D eigenvalue weighted by Gasteiger charge is 2.27. The van der Waals surface area contributed by atoms with E-state index in [0.29, 0.717) is 32.7 Å². The fraction of sp³-hybridized carbons (Fsp3) is 0.571. The van der Waals surface area contributed by atoms with Crippen molar-refractivity contribution < 1.29 is 9.59 Å². The molecule has 0 saturated carbocycles. The third-order valence-corrected chi connectivity index (χ3v) is 4.59. The number of carbonyl (C=O) groups excluding carboxylic acids is 2. The van der Waals surface area contributed by atoms with E-state index in [2.05, 4.69) is 0 Å². The van der Waals surface area contributed by atoms with Crippen molar-refractivity contribution in [1.82, 2.24) is 9.80 Å². The number of thiophene rings is 1. The van der Waals surface area contributed by atoms with E-state index in [9.17, 15) is 9.59 Å². The lowest BCUT2D eigenvalue weighted by molar-refractivity contribution is -0.136. The van der Waals surface area contributed by atoms with E-state index in [-0.39, 0.29) is 30.1 Å². The standard InChI is InChI=1S/C14H21N3O2S.ClH/c1-10(9-15)13(18)16-5-7-17(8-6-16)14(19)12-4-3-11(2)20-12;/h3-4,10H,5-9,15H2,1-2H3;1H. The van der Waals surface area contributed by atoms with Crippen molar-refractivity contribution >= 4 is 35.6 Å². The lowest BCUT2D eigenvalue weighted by Crippen LogP contribution is -2.52. The van der Waals surface area contributed by atoms with Crippen molar-refractivity contribution in [2.24, 2.45) is 11.7 Å². The Morgan fingerprint density at radius 1 is 1.24 bits per heavy atom. The van der Waals surface area contributed by atoms with Crippen LogP contribution in [0, 0.1) is 12.8 Å². The summed E-state index contributed by atoms with van der Waals surface area (Å²) in [7, 11) is 0. The summed E-state index contributed by atoms with van der Waals surface area (Å²) in [6.45, 7) is 6.59. The van der Waals surface area contributed by atoms with Gasteiger partial charge in [-0.05, 0) is 19.1 Å². The van der Waals surface area contributed by atoms with E-state index in [4.69, 9.17) is 5.73 Å². The van der Waals surface area contributed by atoms with Crippen LogP contribution in [0.15, 0.2) is 12.1 Å². The Hall–Kier alpha value is -1.11. The monoisotopic (exact) mass is 331 g/mol. The molecule has 2 rings (SSSR count). The second-order valence-corrected chi connectivity index (χ2v) is 6.45. The summed E-state index contributed by atoms with van der Waals surface area (Å²) in [6, 6.07) is 3.83. The summed E-state index contributed by atoms with van der Waals surface area (Å²) >= 11 is 1.52. The number of aryl methyl sites for hydroxylation is 1. The normalized spacial score (nSPS) is 16.3. The molecule has 1 aliphatic rings. The molecule has 1 saturated heterocycles. The van der Waals surface area contributed by atoms with Crippen molar-refractivity contribution in [3.8, 4) is 0 Å². The largest absolute Gasteiger partial charge is 0.339 e. The predicted molar refractivity (Wildman–Crippen MR) is 87.0 cm³/mol. The molecule has 1 aliphatic heterocycles. The SMILES string of the molecule is Cc1ccc(C(=O)N2CCN(C(=O)C(C)CN)CC2)s1.Cl. The molecular weight excluding hydrogens is 310 g/mol. The van der Waals surface area contributed by atoms with Crippen molar-refractivity contribution in [2.75, 3.05) is 32.7 Å². The number of piperazine rings is 1. The van der Waals surface area contributed by atoms with Gasteiger partial charge in [-0.3, -0.25) is 9.59 Å². The van der Waals surface area contributed by atoms with Gasteiger partial charge in [0.2, 0.25) is 5.91 Å². The summed E-state index contributed by atoms with van der Waals surface area (Å²) in [5.41, 5.74) is 5.52. The van der Waals surface area contributed by atoms with Crippen LogP contribution in [0.3, 0.4) is 0 Å². The fourth-order valence-corrected chi connectivity index (χ4v) is 3.08. The van der Waals surface area contributed by atoms with Gasteiger partial charge in [0.05, 0.1) is 4.88 Å². The van der Waals surface area contributed by atoms with Crippen molar-refractivity contribution in [3.63, 3.8) is 0 Å². The smallest absolute Gasteiger partial charge is 0.264 e. The van der Waals surface area contributed by atoms with E-state index in [1.165, 1.54) is 11.3 Å². The molecule has 1 fully saturated rings. The predicted octanol–water partition coefficient (Wildman–Crippen LogP) is 1.36. The van der Waals surface area contributed by atoms with Crippen LogP contribution >= 0.6 is 23.7 Å². The highest BCUT2D eigenvalue weighted by atomic mass is 35.5. The van der Waals surface area contributed by atoms with Gasteiger partial charge in [-0.25, -0.2) is 0 Å². The molecule has 5 nitrogen and oxygen atoms in total. The molecule has 2 heterocycles. The highest BCUT2D eigenvalue weighted by molar-refractivity contribution is 7.13. The van der Waals surface area contributed by atoms with Crippen LogP contribution in [-0.2, 0) is 4.79 Å².